The van der Waals surface area contributed by atoms with Gasteiger partial charge < -0.3 is 23.7 Å². The van der Waals surface area contributed by atoms with Crippen molar-refractivity contribution in [2.24, 2.45) is 0 Å². The van der Waals surface area contributed by atoms with E-state index in [-0.39, 0.29) is 17.6 Å². The van der Waals surface area contributed by atoms with E-state index in [1.165, 1.54) is 13.4 Å². The highest BCUT2D eigenvalue weighted by Gasteiger charge is 2.27. The van der Waals surface area contributed by atoms with Gasteiger partial charge in [0.05, 0.1) is 39.1 Å². The second-order valence-corrected chi connectivity index (χ2v) is 12.1. The van der Waals surface area contributed by atoms with Crippen LogP contribution in [0.1, 0.15) is 35.4 Å². The molecule has 0 fully saturated rings. The fourth-order valence-corrected chi connectivity index (χ4v) is 5.52. The fraction of sp³-hybridized carbons (Fsp3) is 0.367. The Morgan fingerprint density at radius 3 is 2.59 bits per heavy atom. The molecule has 0 saturated carbocycles. The average Bonchev–Trinajstić information content (AvgIpc) is 3.22. The zero-order chi connectivity index (χ0) is 27.4. The topological polar surface area (TPSA) is 97.4 Å². The first-order valence-electron chi connectivity index (χ1n) is 12.9. The average molecular weight is 553 g/mol. The summed E-state index contributed by atoms with van der Waals surface area (Å²) in [4.78, 5) is 11.7. The van der Waals surface area contributed by atoms with Gasteiger partial charge in [0.25, 0.3) is 0 Å². The van der Waals surface area contributed by atoms with Crippen LogP contribution in [-0.4, -0.2) is 53.3 Å². The first-order valence-corrected chi connectivity index (χ1v) is 15.0. The molecule has 9 heteroatoms. The van der Waals surface area contributed by atoms with Gasteiger partial charge in [-0.2, -0.15) is 0 Å². The summed E-state index contributed by atoms with van der Waals surface area (Å²) >= 11 is 0. The zero-order valence-electron chi connectivity index (χ0n) is 22.1. The van der Waals surface area contributed by atoms with E-state index in [9.17, 15) is 13.2 Å². The second kappa shape index (κ2) is 11.6. The van der Waals surface area contributed by atoms with E-state index in [1.807, 2.05) is 48.5 Å². The van der Waals surface area contributed by atoms with E-state index in [2.05, 4.69) is 6.07 Å². The van der Waals surface area contributed by atoms with Gasteiger partial charge in [0.1, 0.15) is 39.4 Å². The Balaban J connectivity index is 1.26. The molecule has 0 saturated heterocycles. The van der Waals surface area contributed by atoms with Crippen LogP contribution in [-0.2, 0) is 32.4 Å². The maximum atomic E-state index is 11.7. The lowest BCUT2D eigenvalue weighted by Gasteiger charge is -2.14. The van der Waals surface area contributed by atoms with Gasteiger partial charge in [-0.05, 0) is 53.4 Å². The van der Waals surface area contributed by atoms with E-state index in [0.717, 1.165) is 51.5 Å². The molecule has 3 aromatic carbocycles. The number of hydrogen-bond donors (Lipinski definition) is 0. The van der Waals surface area contributed by atoms with Crippen molar-refractivity contribution in [3.63, 3.8) is 0 Å². The third-order valence-corrected chi connectivity index (χ3v) is 7.91. The van der Waals surface area contributed by atoms with Crippen molar-refractivity contribution in [2.45, 2.75) is 31.8 Å². The van der Waals surface area contributed by atoms with Crippen LogP contribution < -0.4 is 18.9 Å². The van der Waals surface area contributed by atoms with Crippen molar-refractivity contribution in [3.05, 3.63) is 71.3 Å². The molecule has 5 rings (SSSR count). The number of methoxy groups -OCH3 is 1. The number of carbonyl (C=O) groups excluding carboxylic acids is 1. The highest BCUT2D eigenvalue weighted by atomic mass is 32.2. The van der Waals surface area contributed by atoms with Crippen molar-refractivity contribution in [1.29, 1.82) is 0 Å². The van der Waals surface area contributed by atoms with Crippen LogP contribution >= 0.6 is 0 Å². The Morgan fingerprint density at radius 2 is 1.77 bits per heavy atom. The smallest absolute Gasteiger partial charge is 0.306 e. The lowest BCUT2D eigenvalue weighted by atomic mass is 9.96. The Hall–Kier alpha value is -3.72. The molecule has 8 nitrogen and oxygen atoms in total. The molecule has 2 aliphatic heterocycles. The first-order chi connectivity index (χ1) is 18.8. The number of rotatable bonds is 10. The van der Waals surface area contributed by atoms with E-state index >= 15 is 0 Å². The Bertz CT molecular complexity index is 1460. The van der Waals surface area contributed by atoms with Crippen LogP contribution in [0.3, 0.4) is 0 Å². The summed E-state index contributed by atoms with van der Waals surface area (Å²) in [5.74, 6) is 2.82. The molecule has 1 atom stereocenters. The number of benzene rings is 3. The summed E-state index contributed by atoms with van der Waals surface area (Å²) < 4.78 is 51.2. The van der Waals surface area contributed by atoms with Gasteiger partial charge >= 0.3 is 5.97 Å². The third-order valence-electron chi connectivity index (χ3n) is 6.88. The number of ether oxygens (including phenoxy) is 5. The monoisotopic (exact) mass is 552 g/mol. The minimum absolute atomic E-state index is 0.00968. The minimum Gasteiger partial charge on any atom is -0.494 e. The summed E-state index contributed by atoms with van der Waals surface area (Å²) in [6.07, 6.45) is 2.72. The van der Waals surface area contributed by atoms with Crippen molar-refractivity contribution < 1.29 is 36.9 Å². The predicted molar refractivity (Wildman–Crippen MR) is 147 cm³/mol. The number of sulfone groups is 1. The van der Waals surface area contributed by atoms with Crippen molar-refractivity contribution in [1.82, 2.24) is 0 Å². The molecule has 2 heterocycles. The standard InChI is InChI=1S/C30H32O8S/c1-34-30(31)16-22-19-38-29-17-24(6-8-26(22)29)37-18-20-4-9-28-27(14-20)25-7-5-23(15-21(25)10-12-36-28)35-11-3-13-39(2,32)33/h4-9,14-15,17,22H,3,10-13,16,18-19H2,1-2H3/t22-/m1/s1. The summed E-state index contributed by atoms with van der Waals surface area (Å²) in [5, 5.41) is 0. The minimum atomic E-state index is -3.00. The molecule has 2 aliphatic rings. The highest BCUT2D eigenvalue weighted by Crippen LogP contribution is 2.40. The predicted octanol–water partition coefficient (Wildman–Crippen LogP) is 4.72. The van der Waals surface area contributed by atoms with Crippen molar-refractivity contribution in [2.75, 3.05) is 38.9 Å². The summed E-state index contributed by atoms with van der Waals surface area (Å²) in [6.45, 7) is 1.72. The SMILES string of the molecule is COC(=O)C[C@@H]1COc2cc(OCc3ccc4c(c3)-c3ccc(OCCCS(C)(=O)=O)cc3CCO4)ccc21. The fourth-order valence-electron chi connectivity index (χ4n) is 4.88. The summed E-state index contributed by atoms with van der Waals surface area (Å²) in [7, 11) is -1.61. The van der Waals surface area contributed by atoms with Crippen molar-refractivity contribution >= 4 is 15.8 Å². The van der Waals surface area contributed by atoms with Gasteiger partial charge in [-0.3, -0.25) is 4.79 Å². The molecule has 0 bridgehead atoms. The van der Waals surface area contributed by atoms with Crippen LogP contribution in [0.5, 0.6) is 23.0 Å². The van der Waals surface area contributed by atoms with Gasteiger partial charge in [0, 0.05) is 35.8 Å². The van der Waals surface area contributed by atoms with E-state index < -0.39 is 9.84 Å². The maximum Gasteiger partial charge on any atom is 0.306 e. The Labute approximate surface area is 228 Å². The van der Waals surface area contributed by atoms with E-state index in [1.54, 1.807) is 0 Å². The number of esters is 1. The first kappa shape index (κ1) is 26.9. The zero-order valence-corrected chi connectivity index (χ0v) is 22.9. The molecule has 0 radical (unpaired) electrons. The lowest BCUT2D eigenvalue weighted by Crippen LogP contribution is -2.09. The molecule has 0 aromatic heterocycles. The number of fused-ring (bicyclic) bond motifs is 4. The summed E-state index contributed by atoms with van der Waals surface area (Å²) in [5.41, 5.74) is 5.18. The van der Waals surface area contributed by atoms with Crippen LogP contribution in [0, 0.1) is 0 Å². The van der Waals surface area contributed by atoms with Gasteiger partial charge in [-0.1, -0.05) is 18.2 Å². The normalized spacial score (nSPS) is 15.6. The van der Waals surface area contributed by atoms with E-state index in [0.29, 0.717) is 45.0 Å². The van der Waals surface area contributed by atoms with Crippen LogP contribution in [0.15, 0.2) is 54.6 Å². The molecule has 206 valence electrons. The van der Waals surface area contributed by atoms with Crippen LogP contribution in [0.4, 0.5) is 0 Å². The number of carbonyl (C=O) groups is 1. The third kappa shape index (κ3) is 6.65. The second-order valence-electron chi connectivity index (χ2n) is 9.86. The van der Waals surface area contributed by atoms with Gasteiger partial charge in [-0.25, -0.2) is 8.42 Å². The van der Waals surface area contributed by atoms with Gasteiger partial charge in [0.2, 0.25) is 0 Å². The lowest BCUT2D eigenvalue weighted by molar-refractivity contribution is -0.141. The Morgan fingerprint density at radius 1 is 0.949 bits per heavy atom. The molecular weight excluding hydrogens is 520 g/mol. The highest BCUT2D eigenvalue weighted by molar-refractivity contribution is 7.90. The Kier molecular flexibility index (Phi) is 7.97. The largest absolute Gasteiger partial charge is 0.494 e. The summed E-state index contributed by atoms with van der Waals surface area (Å²) in [6, 6.07) is 17.7. The molecule has 3 aromatic rings. The maximum absolute atomic E-state index is 11.7. The molecule has 39 heavy (non-hydrogen) atoms. The molecule has 0 aliphatic carbocycles. The van der Waals surface area contributed by atoms with Gasteiger partial charge in [0.15, 0.2) is 0 Å². The van der Waals surface area contributed by atoms with E-state index in [4.69, 9.17) is 23.7 Å². The van der Waals surface area contributed by atoms with Crippen LogP contribution in [0.2, 0.25) is 0 Å². The quantitative estimate of drug-likeness (QED) is 0.263. The molecule has 0 amide bonds. The molecule has 0 N–H and O–H groups in total. The number of hydrogen-bond acceptors (Lipinski definition) is 8. The molecule has 0 unspecified atom stereocenters. The van der Waals surface area contributed by atoms with Crippen molar-refractivity contribution in [3.8, 4) is 34.1 Å². The van der Waals surface area contributed by atoms with Crippen LogP contribution in [0.25, 0.3) is 11.1 Å². The molecular formula is C30H32O8S. The molecule has 0 spiro atoms. The van der Waals surface area contributed by atoms with Gasteiger partial charge in [-0.15, -0.1) is 0 Å².